The standard InChI is InChI=1S/C11H8F3NO3S/c1-19(17,18)6-2-3-9-7(4-6)8(11(12,13)14)5-10(16)15-9/h2-5H,1H3,(H,15,16). The van der Waals surface area contributed by atoms with Crippen LogP contribution in [0.2, 0.25) is 0 Å². The van der Waals surface area contributed by atoms with Crippen LogP contribution in [0.15, 0.2) is 34.0 Å². The molecule has 19 heavy (non-hydrogen) atoms. The van der Waals surface area contributed by atoms with E-state index in [0.29, 0.717) is 6.07 Å². The lowest BCUT2D eigenvalue weighted by molar-refractivity contribution is -0.136. The van der Waals surface area contributed by atoms with Crippen molar-refractivity contribution >= 4 is 20.7 Å². The van der Waals surface area contributed by atoms with Crippen LogP contribution in [-0.4, -0.2) is 19.7 Å². The van der Waals surface area contributed by atoms with Gasteiger partial charge in [0.2, 0.25) is 5.56 Å². The monoisotopic (exact) mass is 291 g/mol. The number of aromatic nitrogens is 1. The topological polar surface area (TPSA) is 67.0 Å². The fourth-order valence-electron chi connectivity index (χ4n) is 1.70. The molecule has 0 atom stereocenters. The van der Waals surface area contributed by atoms with Gasteiger partial charge in [0.25, 0.3) is 0 Å². The van der Waals surface area contributed by atoms with Crippen LogP contribution in [0, 0.1) is 0 Å². The Morgan fingerprint density at radius 2 is 1.79 bits per heavy atom. The smallest absolute Gasteiger partial charge is 0.322 e. The summed E-state index contributed by atoms with van der Waals surface area (Å²) in [4.78, 5) is 13.2. The molecule has 1 heterocycles. The summed E-state index contributed by atoms with van der Waals surface area (Å²) < 4.78 is 61.2. The molecule has 0 radical (unpaired) electrons. The van der Waals surface area contributed by atoms with Gasteiger partial charge in [-0.15, -0.1) is 0 Å². The maximum atomic E-state index is 12.8. The number of H-pyrrole nitrogens is 1. The second-order valence-corrected chi connectivity index (χ2v) is 6.04. The maximum Gasteiger partial charge on any atom is 0.417 e. The molecule has 0 saturated carbocycles. The molecule has 4 nitrogen and oxygen atoms in total. The lowest BCUT2D eigenvalue weighted by Gasteiger charge is -2.10. The second kappa shape index (κ2) is 4.09. The van der Waals surface area contributed by atoms with Crippen molar-refractivity contribution in [2.24, 2.45) is 0 Å². The molecule has 8 heteroatoms. The van der Waals surface area contributed by atoms with Crippen molar-refractivity contribution < 1.29 is 21.6 Å². The number of hydrogen-bond donors (Lipinski definition) is 1. The number of aromatic amines is 1. The van der Waals surface area contributed by atoms with Gasteiger partial charge in [-0.25, -0.2) is 8.42 Å². The van der Waals surface area contributed by atoms with Crippen molar-refractivity contribution in [2.45, 2.75) is 11.1 Å². The molecular formula is C11H8F3NO3S. The number of rotatable bonds is 1. The number of halogens is 3. The normalized spacial score (nSPS) is 12.8. The lowest BCUT2D eigenvalue weighted by Crippen LogP contribution is -2.14. The predicted molar refractivity (Wildman–Crippen MR) is 62.7 cm³/mol. The molecule has 2 rings (SSSR count). The van der Waals surface area contributed by atoms with Gasteiger partial charge >= 0.3 is 6.18 Å². The molecule has 1 aromatic heterocycles. The highest BCUT2D eigenvalue weighted by molar-refractivity contribution is 7.90. The third-order valence-electron chi connectivity index (χ3n) is 2.55. The summed E-state index contributed by atoms with van der Waals surface area (Å²) in [6.07, 6.45) is -3.84. The fraction of sp³-hybridized carbons (Fsp3) is 0.182. The molecule has 0 spiro atoms. The maximum absolute atomic E-state index is 12.8. The van der Waals surface area contributed by atoms with Crippen LogP contribution < -0.4 is 5.56 Å². The Hall–Kier alpha value is -1.83. The molecule has 0 aliphatic rings. The van der Waals surface area contributed by atoms with Crippen LogP contribution in [0.1, 0.15) is 5.56 Å². The van der Waals surface area contributed by atoms with Gasteiger partial charge in [0, 0.05) is 23.2 Å². The first-order valence-electron chi connectivity index (χ1n) is 5.03. The van der Waals surface area contributed by atoms with E-state index in [9.17, 15) is 26.4 Å². The highest BCUT2D eigenvalue weighted by atomic mass is 32.2. The zero-order chi connectivity index (χ0) is 14.4. The molecular weight excluding hydrogens is 283 g/mol. The van der Waals surface area contributed by atoms with Crippen molar-refractivity contribution in [1.29, 1.82) is 0 Å². The van der Waals surface area contributed by atoms with Crippen molar-refractivity contribution in [3.63, 3.8) is 0 Å². The molecule has 0 fully saturated rings. The Labute approximate surface area is 105 Å². The molecule has 102 valence electrons. The van der Waals surface area contributed by atoms with E-state index in [1.54, 1.807) is 0 Å². The van der Waals surface area contributed by atoms with E-state index < -0.39 is 27.1 Å². The van der Waals surface area contributed by atoms with Crippen LogP contribution >= 0.6 is 0 Å². The van der Waals surface area contributed by atoms with Crippen LogP contribution in [0.25, 0.3) is 10.9 Å². The zero-order valence-corrected chi connectivity index (χ0v) is 10.4. The minimum Gasteiger partial charge on any atom is -0.322 e. The van der Waals surface area contributed by atoms with Crippen molar-refractivity contribution in [3.8, 4) is 0 Å². The summed E-state index contributed by atoms with van der Waals surface area (Å²) in [6, 6.07) is 3.61. The molecule has 0 saturated heterocycles. The summed E-state index contributed by atoms with van der Waals surface area (Å²) in [5.41, 5.74) is -2.11. The summed E-state index contributed by atoms with van der Waals surface area (Å²) >= 11 is 0. The highest BCUT2D eigenvalue weighted by Crippen LogP contribution is 2.33. The van der Waals surface area contributed by atoms with Crippen LogP contribution in [-0.2, 0) is 16.0 Å². The molecule has 1 aromatic carbocycles. The van der Waals surface area contributed by atoms with Gasteiger partial charge in [-0.1, -0.05) is 0 Å². The Kier molecular flexibility index (Phi) is 2.93. The second-order valence-electron chi connectivity index (χ2n) is 4.02. The highest BCUT2D eigenvalue weighted by Gasteiger charge is 2.33. The van der Waals surface area contributed by atoms with E-state index in [-0.39, 0.29) is 15.8 Å². The molecule has 0 unspecified atom stereocenters. The Bertz CT molecular complexity index is 806. The summed E-state index contributed by atoms with van der Waals surface area (Å²) in [5.74, 6) is 0. The van der Waals surface area contributed by atoms with E-state index in [2.05, 4.69) is 4.98 Å². The van der Waals surface area contributed by atoms with Gasteiger partial charge in [0.1, 0.15) is 0 Å². The first kappa shape index (κ1) is 13.6. The first-order chi connectivity index (χ1) is 8.59. The number of alkyl halides is 3. The van der Waals surface area contributed by atoms with E-state index in [1.807, 2.05) is 0 Å². The lowest BCUT2D eigenvalue weighted by atomic mass is 10.1. The molecule has 2 aromatic rings. The van der Waals surface area contributed by atoms with Gasteiger partial charge in [-0.3, -0.25) is 4.79 Å². The molecule has 0 aliphatic heterocycles. The fourth-order valence-corrected chi connectivity index (χ4v) is 2.35. The SMILES string of the molecule is CS(=O)(=O)c1ccc2[nH]c(=O)cc(C(F)(F)F)c2c1. The predicted octanol–water partition coefficient (Wildman–Crippen LogP) is 1.95. The van der Waals surface area contributed by atoms with E-state index in [4.69, 9.17) is 0 Å². The van der Waals surface area contributed by atoms with E-state index in [1.165, 1.54) is 0 Å². The number of benzene rings is 1. The molecule has 0 aliphatic carbocycles. The number of nitrogens with one attached hydrogen (secondary N) is 1. The summed E-state index contributed by atoms with van der Waals surface area (Å²) in [7, 11) is -3.63. The van der Waals surface area contributed by atoms with Crippen LogP contribution in [0.5, 0.6) is 0 Å². The number of hydrogen-bond acceptors (Lipinski definition) is 3. The first-order valence-corrected chi connectivity index (χ1v) is 6.92. The number of pyridine rings is 1. The van der Waals surface area contributed by atoms with Gasteiger partial charge < -0.3 is 4.98 Å². The number of fused-ring (bicyclic) bond motifs is 1. The van der Waals surface area contributed by atoms with Gasteiger partial charge in [0.05, 0.1) is 10.5 Å². The third-order valence-corrected chi connectivity index (χ3v) is 3.66. The largest absolute Gasteiger partial charge is 0.417 e. The Morgan fingerprint density at radius 3 is 2.32 bits per heavy atom. The van der Waals surface area contributed by atoms with Gasteiger partial charge in [-0.2, -0.15) is 13.2 Å². The molecule has 0 amide bonds. The summed E-state index contributed by atoms with van der Waals surface area (Å²) in [5, 5.41) is -0.352. The average Bonchev–Trinajstić information content (AvgIpc) is 2.24. The minimum absolute atomic E-state index is 0.0628. The third kappa shape index (κ3) is 2.62. The quantitative estimate of drug-likeness (QED) is 0.873. The van der Waals surface area contributed by atoms with E-state index >= 15 is 0 Å². The van der Waals surface area contributed by atoms with Crippen LogP contribution in [0.4, 0.5) is 13.2 Å². The van der Waals surface area contributed by atoms with Gasteiger partial charge in [-0.05, 0) is 18.2 Å². The average molecular weight is 291 g/mol. The molecule has 0 bridgehead atoms. The Balaban J connectivity index is 2.92. The zero-order valence-electron chi connectivity index (χ0n) is 9.58. The van der Waals surface area contributed by atoms with Crippen LogP contribution in [0.3, 0.4) is 0 Å². The Morgan fingerprint density at radius 1 is 1.16 bits per heavy atom. The number of sulfone groups is 1. The van der Waals surface area contributed by atoms with E-state index in [0.717, 1.165) is 24.5 Å². The molecule has 1 N–H and O–H groups in total. The van der Waals surface area contributed by atoms with Crippen molar-refractivity contribution in [2.75, 3.05) is 6.26 Å². The van der Waals surface area contributed by atoms with Gasteiger partial charge in [0.15, 0.2) is 9.84 Å². The summed E-state index contributed by atoms with van der Waals surface area (Å²) in [6.45, 7) is 0. The van der Waals surface area contributed by atoms with Crippen molar-refractivity contribution in [1.82, 2.24) is 4.98 Å². The minimum atomic E-state index is -4.73. The van der Waals surface area contributed by atoms with Crippen molar-refractivity contribution in [3.05, 3.63) is 40.2 Å².